The van der Waals surface area contributed by atoms with E-state index in [1.165, 1.54) is 16.4 Å². The normalized spacial score (nSPS) is 11.5. The number of sulfonamides is 1. The minimum atomic E-state index is -3.65. The van der Waals surface area contributed by atoms with Gasteiger partial charge in [0.1, 0.15) is 5.75 Å². The topological polar surface area (TPSA) is 75.7 Å². The summed E-state index contributed by atoms with van der Waals surface area (Å²) in [5.41, 5.74) is 1.86. The van der Waals surface area contributed by atoms with E-state index >= 15 is 0 Å². The van der Waals surface area contributed by atoms with Crippen LogP contribution in [0.3, 0.4) is 0 Å². The van der Waals surface area contributed by atoms with Gasteiger partial charge >= 0.3 is 0 Å². The van der Waals surface area contributed by atoms with Gasteiger partial charge in [-0.05, 0) is 61.9 Å². The minimum absolute atomic E-state index is 0.00725. The lowest BCUT2D eigenvalue weighted by Gasteiger charge is -2.17. The third-order valence-corrected chi connectivity index (χ3v) is 6.35. The zero-order valence-electron chi connectivity index (χ0n) is 17.8. The Morgan fingerprint density at radius 1 is 0.968 bits per heavy atom. The summed E-state index contributed by atoms with van der Waals surface area (Å²) >= 11 is 0. The van der Waals surface area contributed by atoms with Crippen molar-refractivity contribution in [1.29, 1.82) is 0 Å². The van der Waals surface area contributed by atoms with Crippen molar-refractivity contribution in [3.05, 3.63) is 90.0 Å². The largest absolute Gasteiger partial charge is 0.491 e. The molecule has 6 nitrogen and oxygen atoms in total. The van der Waals surface area contributed by atoms with E-state index in [1.807, 2.05) is 44.2 Å². The second-order valence-electron chi connectivity index (χ2n) is 7.42. The van der Waals surface area contributed by atoms with Crippen LogP contribution < -0.4 is 10.1 Å². The Labute approximate surface area is 183 Å². The zero-order chi connectivity index (χ0) is 22.4. The van der Waals surface area contributed by atoms with Gasteiger partial charge in [0.25, 0.3) is 5.91 Å². The molecule has 0 aliphatic rings. The number of nitrogens with one attached hydrogen (secondary N) is 1. The quantitative estimate of drug-likeness (QED) is 0.560. The van der Waals surface area contributed by atoms with Crippen LogP contribution in [0.25, 0.3) is 0 Å². The van der Waals surface area contributed by atoms with Crippen LogP contribution in [0.15, 0.2) is 83.8 Å². The summed E-state index contributed by atoms with van der Waals surface area (Å²) in [6, 6.07) is 22.5. The van der Waals surface area contributed by atoms with Gasteiger partial charge in [0, 0.05) is 24.8 Å². The first-order valence-electron chi connectivity index (χ1n) is 9.94. The van der Waals surface area contributed by atoms with E-state index in [1.54, 1.807) is 43.4 Å². The fourth-order valence-electron chi connectivity index (χ4n) is 3.00. The van der Waals surface area contributed by atoms with Gasteiger partial charge in [0.2, 0.25) is 10.0 Å². The summed E-state index contributed by atoms with van der Waals surface area (Å²) in [5, 5.41) is 2.78. The Kier molecular flexibility index (Phi) is 7.09. The van der Waals surface area contributed by atoms with Crippen LogP contribution in [0.2, 0.25) is 0 Å². The maximum Gasteiger partial charge on any atom is 0.255 e. The van der Waals surface area contributed by atoms with Crippen LogP contribution >= 0.6 is 0 Å². The number of nitrogens with zero attached hydrogens (tertiary/aromatic N) is 1. The number of amides is 1. The molecule has 0 saturated heterocycles. The van der Waals surface area contributed by atoms with Gasteiger partial charge in [-0.25, -0.2) is 8.42 Å². The Morgan fingerprint density at radius 3 is 2.29 bits per heavy atom. The molecule has 0 fully saturated rings. The molecule has 3 aromatic carbocycles. The first-order chi connectivity index (χ1) is 14.8. The minimum Gasteiger partial charge on any atom is -0.491 e. The predicted octanol–water partition coefficient (Wildman–Crippen LogP) is 4.55. The van der Waals surface area contributed by atoms with Crippen molar-refractivity contribution in [2.24, 2.45) is 0 Å². The van der Waals surface area contributed by atoms with Crippen LogP contribution in [-0.2, 0) is 16.6 Å². The van der Waals surface area contributed by atoms with Crippen molar-refractivity contribution in [3.63, 3.8) is 0 Å². The number of carbonyl (C=O) groups excluding carboxylic acids is 1. The smallest absolute Gasteiger partial charge is 0.255 e. The number of benzene rings is 3. The molecular formula is C24H26N2O4S. The molecule has 0 aliphatic carbocycles. The van der Waals surface area contributed by atoms with E-state index in [0.29, 0.717) is 17.0 Å². The lowest BCUT2D eigenvalue weighted by atomic mass is 10.2. The van der Waals surface area contributed by atoms with Crippen molar-refractivity contribution in [2.75, 3.05) is 12.4 Å². The van der Waals surface area contributed by atoms with Crippen molar-refractivity contribution in [3.8, 4) is 5.75 Å². The van der Waals surface area contributed by atoms with Gasteiger partial charge in [0.05, 0.1) is 11.0 Å². The number of anilines is 1. The highest BCUT2D eigenvalue weighted by atomic mass is 32.2. The Morgan fingerprint density at radius 2 is 1.65 bits per heavy atom. The molecule has 0 unspecified atom stereocenters. The second kappa shape index (κ2) is 9.76. The molecule has 162 valence electrons. The van der Waals surface area contributed by atoms with E-state index in [-0.39, 0.29) is 23.5 Å². The molecule has 31 heavy (non-hydrogen) atoms. The molecule has 0 atom stereocenters. The van der Waals surface area contributed by atoms with Crippen LogP contribution in [0.5, 0.6) is 5.75 Å². The highest BCUT2D eigenvalue weighted by molar-refractivity contribution is 7.89. The summed E-state index contributed by atoms with van der Waals surface area (Å²) < 4.78 is 32.6. The Hall–Kier alpha value is -3.16. The molecule has 3 rings (SSSR count). The zero-order valence-corrected chi connectivity index (χ0v) is 18.6. The number of ether oxygens (including phenoxy) is 1. The fraction of sp³-hybridized carbons (Fsp3) is 0.208. The molecule has 0 aliphatic heterocycles. The van der Waals surface area contributed by atoms with E-state index < -0.39 is 10.0 Å². The summed E-state index contributed by atoms with van der Waals surface area (Å²) in [5.74, 6) is 0.316. The highest BCUT2D eigenvalue weighted by Crippen LogP contribution is 2.21. The Balaban J connectivity index is 1.69. The average molecular weight is 439 g/mol. The molecule has 1 amide bonds. The van der Waals surface area contributed by atoms with Gasteiger partial charge < -0.3 is 10.1 Å². The number of rotatable bonds is 8. The predicted molar refractivity (Wildman–Crippen MR) is 122 cm³/mol. The van der Waals surface area contributed by atoms with Gasteiger partial charge in [-0.2, -0.15) is 4.31 Å². The fourth-order valence-corrected chi connectivity index (χ4v) is 4.16. The van der Waals surface area contributed by atoms with Gasteiger partial charge in [-0.15, -0.1) is 0 Å². The van der Waals surface area contributed by atoms with Crippen molar-refractivity contribution >= 4 is 21.6 Å². The summed E-state index contributed by atoms with van der Waals surface area (Å²) in [6.45, 7) is 4.11. The van der Waals surface area contributed by atoms with E-state index in [2.05, 4.69) is 5.32 Å². The summed E-state index contributed by atoms with van der Waals surface area (Å²) in [4.78, 5) is 12.7. The standard InChI is InChI=1S/C24H26N2O4S/c1-18(2)30-22-11-7-10-20(16-22)24(27)25-21-12-14-23(15-13-21)31(28,29)26(3)17-19-8-5-4-6-9-19/h4-16,18H,17H2,1-3H3,(H,25,27). The second-order valence-corrected chi connectivity index (χ2v) is 9.46. The molecule has 0 saturated carbocycles. The molecular weight excluding hydrogens is 412 g/mol. The van der Waals surface area contributed by atoms with Crippen LogP contribution in [0, 0.1) is 0 Å². The van der Waals surface area contributed by atoms with E-state index in [4.69, 9.17) is 4.74 Å². The maximum absolute atomic E-state index is 12.8. The van der Waals surface area contributed by atoms with E-state index in [9.17, 15) is 13.2 Å². The Bertz CT molecular complexity index is 1130. The molecule has 3 aromatic rings. The summed E-state index contributed by atoms with van der Waals surface area (Å²) in [6.07, 6.45) is 0.00725. The van der Waals surface area contributed by atoms with Gasteiger partial charge in [0.15, 0.2) is 0 Å². The van der Waals surface area contributed by atoms with Crippen LogP contribution in [-0.4, -0.2) is 31.8 Å². The molecule has 0 radical (unpaired) electrons. The van der Waals surface area contributed by atoms with Gasteiger partial charge in [-0.1, -0.05) is 36.4 Å². The summed E-state index contributed by atoms with van der Waals surface area (Å²) in [7, 11) is -2.10. The third kappa shape index (κ3) is 5.93. The third-order valence-electron chi connectivity index (χ3n) is 4.54. The molecule has 7 heteroatoms. The van der Waals surface area contributed by atoms with Crippen molar-refractivity contribution in [1.82, 2.24) is 4.31 Å². The van der Waals surface area contributed by atoms with Crippen molar-refractivity contribution < 1.29 is 17.9 Å². The maximum atomic E-state index is 12.8. The van der Waals surface area contributed by atoms with Crippen LogP contribution in [0.1, 0.15) is 29.8 Å². The SMILES string of the molecule is CC(C)Oc1cccc(C(=O)Nc2ccc(S(=O)(=O)N(C)Cc3ccccc3)cc2)c1. The molecule has 0 heterocycles. The molecule has 0 spiro atoms. The number of carbonyl (C=O) groups is 1. The number of hydrogen-bond donors (Lipinski definition) is 1. The van der Waals surface area contributed by atoms with E-state index in [0.717, 1.165) is 5.56 Å². The molecule has 0 bridgehead atoms. The average Bonchev–Trinajstić information content (AvgIpc) is 2.74. The first-order valence-corrected chi connectivity index (χ1v) is 11.4. The lowest BCUT2D eigenvalue weighted by Crippen LogP contribution is -2.26. The first kappa shape index (κ1) is 22.5. The highest BCUT2D eigenvalue weighted by Gasteiger charge is 2.21. The van der Waals surface area contributed by atoms with Crippen molar-refractivity contribution in [2.45, 2.75) is 31.4 Å². The number of hydrogen-bond acceptors (Lipinski definition) is 4. The van der Waals surface area contributed by atoms with Gasteiger partial charge in [-0.3, -0.25) is 4.79 Å². The molecule has 1 N–H and O–H groups in total. The monoisotopic (exact) mass is 438 g/mol. The molecule has 0 aromatic heterocycles. The van der Waals surface area contributed by atoms with Crippen LogP contribution in [0.4, 0.5) is 5.69 Å². The lowest BCUT2D eigenvalue weighted by molar-refractivity contribution is 0.102.